The van der Waals surface area contributed by atoms with Crippen molar-refractivity contribution in [3.8, 4) is 12.3 Å². The molecule has 1 aliphatic rings. The number of aromatic nitrogens is 2. The van der Waals surface area contributed by atoms with Gasteiger partial charge in [-0.25, -0.2) is 4.79 Å². The molecule has 0 aliphatic carbocycles. The van der Waals surface area contributed by atoms with Gasteiger partial charge < -0.3 is 14.2 Å². The summed E-state index contributed by atoms with van der Waals surface area (Å²) in [5.41, 5.74) is -2.91. The molecule has 1 N–H and O–H groups in total. The average Bonchev–Trinajstić information content (AvgIpc) is 3.12. The monoisotopic (exact) mass is 438 g/mol. The molecule has 3 rings (SSSR count). The molecule has 0 bridgehead atoms. The predicted molar refractivity (Wildman–Crippen MR) is 104 cm³/mol. The SMILES string of the molecule is C#CCO[C@H]1C[C@H](n2cc(C(F)(F)F)c(=O)[nH]c2=O)O[C@@H]1COCCc1ccccc1. The van der Waals surface area contributed by atoms with Crippen LogP contribution in [0.2, 0.25) is 0 Å². The highest BCUT2D eigenvalue weighted by Gasteiger charge is 2.40. The number of alkyl halides is 3. The van der Waals surface area contributed by atoms with Crippen molar-refractivity contribution in [3.63, 3.8) is 0 Å². The van der Waals surface area contributed by atoms with Crippen LogP contribution in [0.15, 0.2) is 46.1 Å². The minimum absolute atomic E-state index is 0.0322. The zero-order valence-corrected chi connectivity index (χ0v) is 16.4. The molecule has 1 aromatic carbocycles. The van der Waals surface area contributed by atoms with Gasteiger partial charge in [0.15, 0.2) is 0 Å². The molecule has 1 aliphatic heterocycles. The van der Waals surface area contributed by atoms with Gasteiger partial charge in [0, 0.05) is 12.6 Å². The fourth-order valence-corrected chi connectivity index (χ4v) is 3.29. The first-order valence-electron chi connectivity index (χ1n) is 9.54. The van der Waals surface area contributed by atoms with Crippen LogP contribution in [-0.2, 0) is 26.8 Å². The lowest BCUT2D eigenvalue weighted by Gasteiger charge is -2.18. The van der Waals surface area contributed by atoms with Crippen LogP contribution < -0.4 is 11.2 Å². The van der Waals surface area contributed by atoms with E-state index < -0.39 is 41.4 Å². The summed E-state index contributed by atoms with van der Waals surface area (Å²) >= 11 is 0. The number of hydrogen-bond donors (Lipinski definition) is 1. The summed E-state index contributed by atoms with van der Waals surface area (Å²) < 4.78 is 56.9. The number of ether oxygens (including phenoxy) is 3. The van der Waals surface area contributed by atoms with Gasteiger partial charge >= 0.3 is 11.9 Å². The number of benzene rings is 1. The highest BCUT2D eigenvalue weighted by molar-refractivity contribution is 5.14. The molecule has 1 saturated heterocycles. The Labute approximate surface area is 175 Å². The highest BCUT2D eigenvalue weighted by Crippen LogP contribution is 2.32. The molecule has 2 heterocycles. The van der Waals surface area contributed by atoms with Crippen molar-refractivity contribution in [2.24, 2.45) is 0 Å². The van der Waals surface area contributed by atoms with E-state index in [0.717, 1.165) is 5.56 Å². The van der Waals surface area contributed by atoms with Crippen LogP contribution in [0.25, 0.3) is 0 Å². The van der Waals surface area contributed by atoms with Crippen molar-refractivity contribution in [2.45, 2.75) is 37.5 Å². The van der Waals surface area contributed by atoms with Crippen molar-refractivity contribution < 1.29 is 27.4 Å². The summed E-state index contributed by atoms with van der Waals surface area (Å²) in [6.07, 6.45) is -0.810. The fourth-order valence-electron chi connectivity index (χ4n) is 3.29. The Morgan fingerprint density at radius 1 is 1.26 bits per heavy atom. The van der Waals surface area contributed by atoms with E-state index in [4.69, 9.17) is 20.6 Å². The largest absolute Gasteiger partial charge is 0.423 e. The second-order valence-electron chi connectivity index (χ2n) is 6.94. The molecule has 1 fully saturated rings. The Kier molecular flexibility index (Phi) is 7.33. The Balaban J connectivity index is 1.70. The maximum absolute atomic E-state index is 13.1. The summed E-state index contributed by atoms with van der Waals surface area (Å²) in [7, 11) is 0. The van der Waals surface area contributed by atoms with Crippen LogP contribution in [0.5, 0.6) is 0 Å². The number of halogens is 3. The molecule has 0 spiro atoms. The van der Waals surface area contributed by atoms with Gasteiger partial charge in [0.1, 0.15) is 24.5 Å². The van der Waals surface area contributed by atoms with E-state index in [2.05, 4.69) is 5.92 Å². The Morgan fingerprint density at radius 2 is 2.00 bits per heavy atom. The van der Waals surface area contributed by atoms with E-state index in [9.17, 15) is 22.8 Å². The van der Waals surface area contributed by atoms with Crippen molar-refractivity contribution in [1.29, 1.82) is 0 Å². The number of nitrogens with one attached hydrogen (secondary N) is 1. The summed E-state index contributed by atoms with van der Waals surface area (Å²) in [5, 5.41) is 0. The average molecular weight is 438 g/mol. The Hall–Kier alpha value is -2.87. The normalized spacial score (nSPS) is 21.2. The first kappa shape index (κ1) is 22.8. The standard InChI is InChI=1S/C21H21F3N2O5/c1-2-9-30-16-11-18(26-12-15(21(22,23)24)19(27)25-20(26)28)31-17(16)13-29-10-8-14-6-4-3-5-7-14/h1,3-7,12,16-18H,8-11,13H2,(H,25,27,28)/t16-,17+,18+/m0/s1. The van der Waals surface area contributed by atoms with E-state index >= 15 is 0 Å². The van der Waals surface area contributed by atoms with E-state index in [1.165, 1.54) is 0 Å². The lowest BCUT2D eigenvalue weighted by Crippen LogP contribution is -2.36. The fraction of sp³-hybridized carbons (Fsp3) is 0.429. The molecule has 1 aromatic heterocycles. The van der Waals surface area contributed by atoms with Gasteiger partial charge in [-0.1, -0.05) is 36.3 Å². The predicted octanol–water partition coefficient (Wildman–Crippen LogP) is 2.12. The van der Waals surface area contributed by atoms with Crippen molar-refractivity contribution in [2.75, 3.05) is 19.8 Å². The third-order valence-corrected chi connectivity index (χ3v) is 4.80. The molecular formula is C21H21F3N2O5. The van der Waals surface area contributed by atoms with E-state index in [1.807, 2.05) is 30.3 Å². The maximum Gasteiger partial charge on any atom is 0.423 e. The van der Waals surface area contributed by atoms with Gasteiger partial charge in [-0.15, -0.1) is 6.42 Å². The quantitative estimate of drug-likeness (QED) is 0.504. The third kappa shape index (κ3) is 5.85. The van der Waals surface area contributed by atoms with Gasteiger partial charge in [0.05, 0.1) is 19.3 Å². The van der Waals surface area contributed by atoms with Crippen LogP contribution in [-0.4, -0.2) is 41.6 Å². The topological polar surface area (TPSA) is 82.6 Å². The molecule has 0 radical (unpaired) electrons. The second kappa shape index (κ2) is 9.96. The molecule has 10 heteroatoms. The first-order valence-corrected chi connectivity index (χ1v) is 9.54. The lowest BCUT2D eigenvalue weighted by atomic mass is 10.1. The molecule has 7 nitrogen and oxygen atoms in total. The molecule has 0 amide bonds. The van der Waals surface area contributed by atoms with Crippen molar-refractivity contribution >= 4 is 0 Å². The second-order valence-corrected chi connectivity index (χ2v) is 6.94. The van der Waals surface area contributed by atoms with E-state index in [0.29, 0.717) is 23.8 Å². The minimum atomic E-state index is -4.92. The number of hydrogen-bond acceptors (Lipinski definition) is 5. The summed E-state index contributed by atoms with van der Waals surface area (Å²) in [6.45, 7) is 0.464. The first-order chi connectivity index (χ1) is 14.8. The zero-order valence-electron chi connectivity index (χ0n) is 16.4. The molecule has 0 saturated carbocycles. The summed E-state index contributed by atoms with van der Waals surface area (Å²) in [5.74, 6) is 2.32. The Morgan fingerprint density at radius 3 is 2.68 bits per heavy atom. The van der Waals surface area contributed by atoms with Crippen LogP contribution >= 0.6 is 0 Å². The van der Waals surface area contributed by atoms with Gasteiger partial charge in [0.2, 0.25) is 0 Å². The van der Waals surface area contributed by atoms with Gasteiger partial charge in [-0.2, -0.15) is 13.2 Å². The molecule has 3 atom stereocenters. The van der Waals surface area contributed by atoms with Gasteiger partial charge in [-0.05, 0) is 12.0 Å². The van der Waals surface area contributed by atoms with Crippen molar-refractivity contribution in [3.05, 3.63) is 68.5 Å². The van der Waals surface area contributed by atoms with Crippen molar-refractivity contribution in [1.82, 2.24) is 9.55 Å². The number of nitrogens with zero attached hydrogens (tertiary/aromatic N) is 1. The van der Waals surface area contributed by atoms with Gasteiger partial charge in [0.25, 0.3) is 5.56 Å². The van der Waals surface area contributed by atoms with Crippen LogP contribution in [0.4, 0.5) is 13.2 Å². The number of terminal acetylenes is 1. The number of H-pyrrole nitrogens is 1. The minimum Gasteiger partial charge on any atom is -0.378 e. The third-order valence-electron chi connectivity index (χ3n) is 4.80. The van der Waals surface area contributed by atoms with Gasteiger partial charge in [-0.3, -0.25) is 14.3 Å². The summed E-state index contributed by atoms with van der Waals surface area (Å²) in [6, 6.07) is 9.67. The Bertz CT molecular complexity index is 1030. The summed E-state index contributed by atoms with van der Waals surface area (Å²) in [4.78, 5) is 25.3. The lowest BCUT2D eigenvalue weighted by molar-refractivity contribution is -0.139. The zero-order chi connectivity index (χ0) is 22.4. The van der Waals surface area contributed by atoms with Crippen LogP contribution in [0.3, 0.4) is 0 Å². The molecule has 31 heavy (non-hydrogen) atoms. The number of aromatic amines is 1. The molecule has 0 unspecified atom stereocenters. The maximum atomic E-state index is 13.1. The van der Waals surface area contributed by atoms with Crippen LogP contribution in [0, 0.1) is 12.3 Å². The van der Waals surface area contributed by atoms with Crippen LogP contribution in [0.1, 0.15) is 23.8 Å². The van der Waals surface area contributed by atoms with E-state index in [-0.39, 0.29) is 19.6 Å². The molecular weight excluding hydrogens is 417 g/mol. The molecule has 2 aromatic rings. The molecule has 166 valence electrons. The highest BCUT2D eigenvalue weighted by atomic mass is 19.4. The number of rotatable bonds is 8. The smallest absolute Gasteiger partial charge is 0.378 e. The van der Waals surface area contributed by atoms with E-state index in [1.54, 1.807) is 4.98 Å².